The molecule has 15 heavy (non-hydrogen) atoms. The van der Waals surface area contributed by atoms with E-state index in [-0.39, 0.29) is 0 Å². The van der Waals surface area contributed by atoms with Crippen LogP contribution in [0, 0.1) is 13.8 Å². The maximum absolute atomic E-state index is 4.38. The fourth-order valence-electron chi connectivity index (χ4n) is 1.27. The van der Waals surface area contributed by atoms with Gasteiger partial charge in [0.05, 0.1) is 0 Å². The van der Waals surface area contributed by atoms with Crippen molar-refractivity contribution in [2.75, 3.05) is 18.8 Å². The first-order valence-electron chi connectivity index (χ1n) is 5.38. The van der Waals surface area contributed by atoms with Gasteiger partial charge in [0.1, 0.15) is 0 Å². The molecule has 1 N–H and O–H groups in total. The molecule has 1 aromatic heterocycles. The second-order valence-corrected chi connectivity index (χ2v) is 4.59. The Morgan fingerprint density at radius 2 is 1.87 bits per heavy atom. The van der Waals surface area contributed by atoms with E-state index in [9.17, 15) is 0 Å². The van der Waals surface area contributed by atoms with E-state index >= 15 is 0 Å². The molecule has 0 fully saturated rings. The van der Waals surface area contributed by atoms with Crippen LogP contribution in [0.5, 0.6) is 0 Å². The Hall–Kier alpha value is -0.610. The lowest BCUT2D eigenvalue weighted by molar-refractivity contribution is 0.707. The van der Waals surface area contributed by atoms with Gasteiger partial charge in [-0.25, -0.2) is 9.97 Å². The second kappa shape index (κ2) is 6.80. The van der Waals surface area contributed by atoms with Gasteiger partial charge >= 0.3 is 0 Å². The Labute approximate surface area is 96.1 Å². The van der Waals surface area contributed by atoms with Crippen molar-refractivity contribution in [2.45, 2.75) is 32.3 Å². The summed E-state index contributed by atoms with van der Waals surface area (Å²) in [5, 5.41) is 4.25. The lowest BCUT2D eigenvalue weighted by Crippen LogP contribution is -2.17. The van der Waals surface area contributed by atoms with Crippen LogP contribution in [0.1, 0.15) is 24.7 Å². The molecule has 0 unspecified atom stereocenters. The zero-order valence-corrected chi connectivity index (χ0v) is 10.5. The highest BCUT2D eigenvalue weighted by Crippen LogP contribution is 2.12. The maximum Gasteiger partial charge on any atom is 0.188 e. The maximum atomic E-state index is 4.38. The van der Waals surface area contributed by atoms with E-state index in [1.807, 2.05) is 19.9 Å². The van der Waals surface area contributed by atoms with Crippen LogP contribution in [0.25, 0.3) is 0 Å². The van der Waals surface area contributed by atoms with Crippen LogP contribution in [-0.4, -0.2) is 28.8 Å². The summed E-state index contributed by atoms with van der Waals surface area (Å²) in [4.78, 5) is 8.75. The fourth-order valence-corrected chi connectivity index (χ4v) is 2.12. The average molecular weight is 225 g/mol. The number of hydrogen-bond donors (Lipinski definition) is 1. The largest absolute Gasteiger partial charge is 0.316 e. The number of hydrogen-bond acceptors (Lipinski definition) is 4. The standard InChI is InChI=1S/C11H19N3S/c1-4-5-12-6-7-15-11-13-9(2)8-10(3)14-11/h8,12H,4-7H2,1-3H3. The predicted octanol–water partition coefficient (Wildman–Crippen LogP) is 2.19. The molecule has 3 nitrogen and oxygen atoms in total. The molecule has 4 heteroatoms. The lowest BCUT2D eigenvalue weighted by Gasteiger charge is -2.03. The number of nitrogens with one attached hydrogen (secondary N) is 1. The van der Waals surface area contributed by atoms with Crippen molar-refractivity contribution < 1.29 is 0 Å². The Morgan fingerprint density at radius 1 is 1.20 bits per heavy atom. The van der Waals surface area contributed by atoms with Crippen LogP contribution in [0.3, 0.4) is 0 Å². The molecule has 0 saturated heterocycles. The number of rotatable bonds is 6. The van der Waals surface area contributed by atoms with E-state index in [0.29, 0.717) is 0 Å². The topological polar surface area (TPSA) is 37.8 Å². The van der Waals surface area contributed by atoms with Gasteiger partial charge in [0, 0.05) is 23.7 Å². The molecule has 0 spiro atoms. The van der Waals surface area contributed by atoms with Crippen molar-refractivity contribution in [2.24, 2.45) is 0 Å². The normalized spacial score (nSPS) is 10.6. The molecular weight excluding hydrogens is 206 g/mol. The van der Waals surface area contributed by atoms with Gasteiger partial charge in [0.15, 0.2) is 5.16 Å². The predicted molar refractivity (Wildman–Crippen MR) is 65.4 cm³/mol. The van der Waals surface area contributed by atoms with E-state index in [4.69, 9.17) is 0 Å². The van der Waals surface area contributed by atoms with E-state index in [1.54, 1.807) is 11.8 Å². The van der Waals surface area contributed by atoms with Crippen LogP contribution in [0.15, 0.2) is 11.2 Å². The minimum atomic E-state index is 0.894. The van der Waals surface area contributed by atoms with Crippen molar-refractivity contribution in [1.82, 2.24) is 15.3 Å². The Balaban J connectivity index is 2.31. The first-order valence-corrected chi connectivity index (χ1v) is 6.36. The summed E-state index contributed by atoms with van der Waals surface area (Å²) in [6.07, 6.45) is 1.19. The monoisotopic (exact) mass is 225 g/mol. The molecule has 0 atom stereocenters. The molecule has 0 amide bonds. The highest BCUT2D eigenvalue weighted by molar-refractivity contribution is 7.99. The van der Waals surface area contributed by atoms with Crippen molar-refractivity contribution >= 4 is 11.8 Å². The van der Waals surface area contributed by atoms with Gasteiger partial charge in [-0.05, 0) is 32.9 Å². The van der Waals surface area contributed by atoms with Crippen molar-refractivity contribution in [3.8, 4) is 0 Å². The zero-order chi connectivity index (χ0) is 11.1. The lowest BCUT2D eigenvalue weighted by atomic mass is 10.4. The molecule has 0 aromatic carbocycles. The summed E-state index contributed by atoms with van der Waals surface area (Å²) in [7, 11) is 0. The van der Waals surface area contributed by atoms with Gasteiger partial charge in [-0.2, -0.15) is 0 Å². The fraction of sp³-hybridized carbons (Fsp3) is 0.636. The second-order valence-electron chi connectivity index (χ2n) is 3.53. The summed E-state index contributed by atoms with van der Waals surface area (Å²) in [6.45, 7) is 8.30. The molecule has 1 aromatic rings. The highest BCUT2D eigenvalue weighted by atomic mass is 32.2. The molecule has 0 aliphatic rings. The molecule has 0 aliphatic carbocycles. The van der Waals surface area contributed by atoms with E-state index in [1.165, 1.54) is 6.42 Å². The van der Waals surface area contributed by atoms with Crippen LogP contribution in [0.2, 0.25) is 0 Å². The molecule has 84 valence electrons. The first kappa shape index (κ1) is 12.5. The summed E-state index contributed by atoms with van der Waals surface area (Å²) in [6, 6.07) is 2.00. The van der Waals surface area contributed by atoms with Gasteiger partial charge in [-0.15, -0.1) is 0 Å². The quantitative estimate of drug-likeness (QED) is 0.457. The number of aromatic nitrogens is 2. The Kier molecular flexibility index (Phi) is 5.65. The van der Waals surface area contributed by atoms with E-state index in [0.717, 1.165) is 35.4 Å². The van der Waals surface area contributed by atoms with Gasteiger partial charge < -0.3 is 5.32 Å². The number of nitrogens with zero attached hydrogens (tertiary/aromatic N) is 2. The van der Waals surface area contributed by atoms with E-state index < -0.39 is 0 Å². The van der Waals surface area contributed by atoms with Crippen LogP contribution < -0.4 is 5.32 Å². The van der Waals surface area contributed by atoms with Crippen LogP contribution in [-0.2, 0) is 0 Å². The average Bonchev–Trinajstić information content (AvgIpc) is 2.16. The molecule has 0 radical (unpaired) electrons. The molecule has 0 aliphatic heterocycles. The third-order valence-electron chi connectivity index (χ3n) is 1.90. The third kappa shape index (κ3) is 5.14. The third-order valence-corrected chi connectivity index (χ3v) is 2.75. The summed E-state index contributed by atoms with van der Waals surface area (Å²) in [5.41, 5.74) is 2.10. The molecule has 0 bridgehead atoms. The van der Waals surface area contributed by atoms with Crippen LogP contribution >= 0.6 is 11.8 Å². The van der Waals surface area contributed by atoms with Crippen molar-refractivity contribution in [3.05, 3.63) is 17.5 Å². The first-order chi connectivity index (χ1) is 7.22. The molecular formula is C11H19N3S. The highest BCUT2D eigenvalue weighted by Gasteiger charge is 1.99. The summed E-state index contributed by atoms with van der Waals surface area (Å²) >= 11 is 1.71. The smallest absolute Gasteiger partial charge is 0.188 e. The summed E-state index contributed by atoms with van der Waals surface area (Å²) in [5.74, 6) is 1.03. The zero-order valence-electron chi connectivity index (χ0n) is 9.71. The number of thioether (sulfide) groups is 1. The molecule has 1 heterocycles. The van der Waals surface area contributed by atoms with Gasteiger partial charge in [-0.1, -0.05) is 18.7 Å². The molecule has 0 saturated carbocycles. The van der Waals surface area contributed by atoms with Gasteiger partial charge in [0.25, 0.3) is 0 Å². The minimum Gasteiger partial charge on any atom is -0.316 e. The van der Waals surface area contributed by atoms with E-state index in [2.05, 4.69) is 22.2 Å². The Bertz CT molecular complexity index is 282. The SMILES string of the molecule is CCCNCCSc1nc(C)cc(C)n1. The number of aryl methyl sites for hydroxylation is 2. The van der Waals surface area contributed by atoms with Crippen LogP contribution in [0.4, 0.5) is 0 Å². The van der Waals surface area contributed by atoms with Gasteiger partial charge in [0.2, 0.25) is 0 Å². The minimum absolute atomic E-state index is 0.894. The molecule has 1 rings (SSSR count). The summed E-state index contributed by atoms with van der Waals surface area (Å²) < 4.78 is 0. The Morgan fingerprint density at radius 3 is 2.47 bits per heavy atom. The van der Waals surface area contributed by atoms with Crippen molar-refractivity contribution in [1.29, 1.82) is 0 Å². The van der Waals surface area contributed by atoms with Gasteiger partial charge in [-0.3, -0.25) is 0 Å². The van der Waals surface area contributed by atoms with Crippen molar-refractivity contribution in [3.63, 3.8) is 0 Å².